The van der Waals surface area contributed by atoms with Gasteiger partial charge in [-0.3, -0.25) is 0 Å². The van der Waals surface area contributed by atoms with Crippen molar-refractivity contribution in [2.24, 2.45) is 10.8 Å². The lowest BCUT2D eigenvalue weighted by Gasteiger charge is -2.25. The molecule has 0 aliphatic rings. The fraction of sp³-hybridized carbons (Fsp3) is 0.812. The van der Waals surface area contributed by atoms with Crippen LogP contribution in [0.15, 0.2) is 28.7 Å². The van der Waals surface area contributed by atoms with Crippen molar-refractivity contribution in [2.75, 3.05) is 18.0 Å². The van der Waals surface area contributed by atoms with E-state index in [1.165, 1.54) is 126 Å². The van der Waals surface area contributed by atoms with Gasteiger partial charge in [0.15, 0.2) is 0 Å². The maximum Gasteiger partial charge on any atom is 0.0366 e. The Morgan fingerprint density at radius 1 is 0.500 bits per heavy atom. The first-order chi connectivity index (χ1) is 16.1. The molecule has 198 valence electrons. The number of hydrogen-bond donors (Lipinski definition) is 0. The summed E-state index contributed by atoms with van der Waals surface area (Å²) in [5.41, 5.74) is 2.40. The minimum atomic E-state index is 0.503. The summed E-state index contributed by atoms with van der Waals surface area (Å²) < 4.78 is 1.18. The molecule has 1 nitrogen and oxygen atoms in total. The molecule has 1 aromatic rings. The molecule has 0 amide bonds. The van der Waals surface area contributed by atoms with Crippen LogP contribution in [0.4, 0.5) is 5.69 Å². The van der Waals surface area contributed by atoms with Gasteiger partial charge in [-0.05, 0) is 60.8 Å². The predicted molar refractivity (Wildman–Crippen MR) is 159 cm³/mol. The Labute approximate surface area is 223 Å². The van der Waals surface area contributed by atoms with Crippen LogP contribution in [-0.4, -0.2) is 13.1 Å². The van der Waals surface area contributed by atoms with Crippen LogP contribution >= 0.6 is 15.9 Å². The highest BCUT2D eigenvalue weighted by Gasteiger charge is 2.10. The van der Waals surface area contributed by atoms with E-state index in [-0.39, 0.29) is 0 Å². The van der Waals surface area contributed by atoms with Crippen molar-refractivity contribution in [3.63, 3.8) is 0 Å². The van der Waals surface area contributed by atoms with E-state index in [1.807, 2.05) is 0 Å². The summed E-state index contributed by atoms with van der Waals surface area (Å²) in [6, 6.07) is 8.96. The van der Waals surface area contributed by atoms with Crippen molar-refractivity contribution < 1.29 is 0 Å². The second kappa shape index (κ2) is 17.9. The third-order valence-corrected chi connectivity index (χ3v) is 7.43. The van der Waals surface area contributed by atoms with Gasteiger partial charge >= 0.3 is 0 Å². The minimum Gasteiger partial charge on any atom is -0.372 e. The molecule has 0 fully saturated rings. The van der Waals surface area contributed by atoms with Gasteiger partial charge < -0.3 is 4.90 Å². The molecule has 0 heterocycles. The summed E-state index contributed by atoms with van der Waals surface area (Å²) in [6.07, 6.45) is 22.2. The Hall–Kier alpha value is -0.500. The number of nitrogens with zero attached hydrogens (tertiary/aromatic N) is 1. The van der Waals surface area contributed by atoms with Gasteiger partial charge in [0.1, 0.15) is 0 Å². The number of benzene rings is 1. The van der Waals surface area contributed by atoms with Crippen molar-refractivity contribution in [3.05, 3.63) is 28.7 Å². The fourth-order valence-corrected chi connectivity index (χ4v) is 4.97. The minimum absolute atomic E-state index is 0.503. The summed E-state index contributed by atoms with van der Waals surface area (Å²) in [5, 5.41) is 0. The van der Waals surface area contributed by atoms with E-state index in [0.29, 0.717) is 10.8 Å². The summed E-state index contributed by atoms with van der Waals surface area (Å²) in [6.45, 7) is 16.6. The number of anilines is 1. The number of halogens is 1. The molecule has 0 atom stereocenters. The SMILES string of the molecule is CC(C)(C)CCCCCCCCCN(CCCCCCCCCC(C)(C)C)c1ccc(Br)cc1. The van der Waals surface area contributed by atoms with E-state index in [0.717, 1.165) is 0 Å². The number of unbranched alkanes of at least 4 members (excludes halogenated alkanes) is 12. The summed E-state index contributed by atoms with van der Waals surface area (Å²) in [7, 11) is 0. The average Bonchev–Trinajstić information content (AvgIpc) is 2.74. The molecule has 0 radical (unpaired) electrons. The zero-order chi connectivity index (χ0) is 25.3. The van der Waals surface area contributed by atoms with E-state index >= 15 is 0 Å². The third kappa shape index (κ3) is 18.8. The van der Waals surface area contributed by atoms with Crippen molar-refractivity contribution in [2.45, 2.75) is 144 Å². The Bertz CT molecular complexity index is 561. The molecule has 0 bridgehead atoms. The fourth-order valence-electron chi connectivity index (χ4n) is 4.71. The van der Waals surface area contributed by atoms with E-state index in [4.69, 9.17) is 0 Å². The molecule has 0 aliphatic carbocycles. The topological polar surface area (TPSA) is 3.24 Å². The second-order valence-corrected chi connectivity index (χ2v) is 14.0. The zero-order valence-electron chi connectivity index (χ0n) is 23.9. The highest BCUT2D eigenvalue weighted by Crippen LogP contribution is 2.24. The van der Waals surface area contributed by atoms with Crippen LogP contribution in [0, 0.1) is 10.8 Å². The highest BCUT2D eigenvalue weighted by atomic mass is 79.9. The lowest BCUT2D eigenvalue weighted by Crippen LogP contribution is -2.25. The lowest BCUT2D eigenvalue weighted by atomic mass is 9.89. The van der Waals surface area contributed by atoms with Gasteiger partial charge in [0.05, 0.1) is 0 Å². The zero-order valence-corrected chi connectivity index (χ0v) is 25.4. The van der Waals surface area contributed by atoms with Gasteiger partial charge in [-0.2, -0.15) is 0 Å². The molecule has 1 aromatic carbocycles. The van der Waals surface area contributed by atoms with Gasteiger partial charge in [-0.1, -0.05) is 135 Å². The summed E-state index contributed by atoms with van der Waals surface area (Å²) in [4.78, 5) is 2.64. The molecule has 0 saturated carbocycles. The number of hydrogen-bond acceptors (Lipinski definition) is 1. The molecule has 0 aromatic heterocycles. The molecular weight excluding hydrogens is 478 g/mol. The van der Waals surface area contributed by atoms with Crippen molar-refractivity contribution in [1.29, 1.82) is 0 Å². The highest BCUT2D eigenvalue weighted by molar-refractivity contribution is 9.10. The molecular formula is C32H58BrN. The van der Waals surface area contributed by atoms with Gasteiger partial charge in [0.25, 0.3) is 0 Å². The van der Waals surface area contributed by atoms with Crippen molar-refractivity contribution in [1.82, 2.24) is 0 Å². The van der Waals surface area contributed by atoms with Crippen LogP contribution < -0.4 is 4.90 Å². The van der Waals surface area contributed by atoms with E-state index in [1.54, 1.807) is 0 Å². The first-order valence-corrected chi connectivity index (χ1v) is 15.4. The maximum absolute atomic E-state index is 3.60. The van der Waals surface area contributed by atoms with Crippen LogP contribution in [-0.2, 0) is 0 Å². The lowest BCUT2D eigenvalue weighted by molar-refractivity contribution is 0.356. The largest absolute Gasteiger partial charge is 0.372 e. The standard InChI is InChI=1S/C32H58BrN/c1-31(2,3)25-17-13-9-7-11-15-19-27-34(30-23-21-29(33)22-24-30)28-20-16-12-8-10-14-18-26-32(4,5)6/h21-24H,7-20,25-28H2,1-6H3. The molecule has 0 aliphatic heterocycles. The van der Waals surface area contributed by atoms with Crippen LogP contribution in [0.25, 0.3) is 0 Å². The Kier molecular flexibility index (Phi) is 16.6. The van der Waals surface area contributed by atoms with E-state index < -0.39 is 0 Å². The molecule has 0 N–H and O–H groups in total. The van der Waals surface area contributed by atoms with E-state index in [9.17, 15) is 0 Å². The molecule has 34 heavy (non-hydrogen) atoms. The smallest absolute Gasteiger partial charge is 0.0366 e. The first-order valence-electron chi connectivity index (χ1n) is 14.6. The quantitative estimate of drug-likeness (QED) is 0.159. The third-order valence-electron chi connectivity index (χ3n) is 6.90. The monoisotopic (exact) mass is 535 g/mol. The number of rotatable bonds is 19. The van der Waals surface area contributed by atoms with Crippen LogP contribution in [0.3, 0.4) is 0 Å². The first kappa shape index (κ1) is 31.5. The van der Waals surface area contributed by atoms with Crippen LogP contribution in [0.1, 0.15) is 144 Å². The maximum atomic E-state index is 3.60. The van der Waals surface area contributed by atoms with Gasteiger partial charge in [-0.25, -0.2) is 0 Å². The molecule has 0 spiro atoms. The summed E-state index contributed by atoms with van der Waals surface area (Å²) in [5.74, 6) is 0. The summed E-state index contributed by atoms with van der Waals surface area (Å²) >= 11 is 3.60. The van der Waals surface area contributed by atoms with Gasteiger partial charge in [0.2, 0.25) is 0 Å². The van der Waals surface area contributed by atoms with Crippen molar-refractivity contribution >= 4 is 21.6 Å². The Balaban J connectivity index is 2.20. The molecule has 2 heteroatoms. The van der Waals surface area contributed by atoms with Gasteiger partial charge in [0, 0.05) is 23.2 Å². The van der Waals surface area contributed by atoms with Crippen LogP contribution in [0.5, 0.6) is 0 Å². The predicted octanol–water partition coefficient (Wildman–Crippen LogP) is 11.6. The molecule has 0 unspecified atom stereocenters. The average molecular weight is 537 g/mol. The molecule has 1 rings (SSSR count). The van der Waals surface area contributed by atoms with Gasteiger partial charge in [-0.15, -0.1) is 0 Å². The Morgan fingerprint density at radius 2 is 0.824 bits per heavy atom. The second-order valence-electron chi connectivity index (χ2n) is 13.0. The van der Waals surface area contributed by atoms with Crippen molar-refractivity contribution in [3.8, 4) is 0 Å². The Morgan fingerprint density at radius 3 is 1.18 bits per heavy atom. The molecule has 0 saturated heterocycles. The van der Waals surface area contributed by atoms with Crippen LogP contribution in [0.2, 0.25) is 0 Å². The van der Waals surface area contributed by atoms with E-state index in [2.05, 4.69) is 86.6 Å². The normalized spacial score (nSPS) is 12.3.